The minimum atomic E-state index is -0.156. The van der Waals surface area contributed by atoms with E-state index in [0.29, 0.717) is 35.3 Å². The van der Waals surface area contributed by atoms with Gasteiger partial charge in [0.15, 0.2) is 11.5 Å². The van der Waals surface area contributed by atoms with Crippen molar-refractivity contribution in [2.24, 2.45) is 0 Å². The van der Waals surface area contributed by atoms with Gasteiger partial charge in [-0.15, -0.1) is 11.3 Å². The summed E-state index contributed by atoms with van der Waals surface area (Å²) >= 11 is 1.44. The van der Waals surface area contributed by atoms with Crippen LogP contribution in [0.5, 0.6) is 11.5 Å². The van der Waals surface area contributed by atoms with Crippen molar-refractivity contribution in [2.45, 2.75) is 19.8 Å². The lowest BCUT2D eigenvalue weighted by molar-refractivity contribution is 0.102. The standard InChI is InChI=1S/C20H19N3O3S/c1-13-19(27-18(22-13)5-2-14-6-8-21-9-7-14)20(24)23-15-3-4-16-17(12-15)26-11-10-25-16/h3-4,6-9,12H,2,5,10-11H2,1H3,(H,23,24). The van der Waals surface area contributed by atoms with Crippen molar-refractivity contribution >= 4 is 22.9 Å². The van der Waals surface area contributed by atoms with Crippen LogP contribution in [-0.4, -0.2) is 29.1 Å². The lowest BCUT2D eigenvalue weighted by Crippen LogP contribution is -2.16. The van der Waals surface area contributed by atoms with Gasteiger partial charge in [0, 0.05) is 30.6 Å². The fraction of sp³-hybridized carbons (Fsp3) is 0.250. The highest BCUT2D eigenvalue weighted by molar-refractivity contribution is 7.13. The summed E-state index contributed by atoms with van der Waals surface area (Å²) in [6.45, 7) is 2.92. The highest BCUT2D eigenvalue weighted by atomic mass is 32.1. The summed E-state index contributed by atoms with van der Waals surface area (Å²) in [6, 6.07) is 9.40. The van der Waals surface area contributed by atoms with Crippen molar-refractivity contribution < 1.29 is 14.3 Å². The molecule has 0 radical (unpaired) electrons. The molecule has 1 amide bonds. The Labute approximate surface area is 161 Å². The van der Waals surface area contributed by atoms with Gasteiger partial charge in [-0.05, 0) is 43.2 Å². The summed E-state index contributed by atoms with van der Waals surface area (Å²) in [5.41, 5.74) is 2.63. The van der Waals surface area contributed by atoms with Crippen LogP contribution in [0.1, 0.15) is 25.9 Å². The van der Waals surface area contributed by atoms with Gasteiger partial charge in [0.1, 0.15) is 18.1 Å². The van der Waals surface area contributed by atoms with Gasteiger partial charge in [-0.1, -0.05) is 0 Å². The number of aryl methyl sites for hydroxylation is 3. The molecule has 0 bridgehead atoms. The van der Waals surface area contributed by atoms with E-state index >= 15 is 0 Å². The van der Waals surface area contributed by atoms with Crippen LogP contribution < -0.4 is 14.8 Å². The van der Waals surface area contributed by atoms with Crippen molar-refractivity contribution in [2.75, 3.05) is 18.5 Å². The monoisotopic (exact) mass is 381 g/mol. The van der Waals surface area contributed by atoms with Gasteiger partial charge in [-0.25, -0.2) is 4.98 Å². The van der Waals surface area contributed by atoms with E-state index in [4.69, 9.17) is 9.47 Å². The number of rotatable bonds is 5. The Morgan fingerprint density at radius 3 is 2.70 bits per heavy atom. The maximum atomic E-state index is 12.7. The Kier molecular flexibility index (Phi) is 5.02. The first-order chi connectivity index (χ1) is 13.2. The third-order valence-electron chi connectivity index (χ3n) is 4.22. The number of thiazole rings is 1. The molecule has 0 spiro atoms. The first-order valence-corrected chi connectivity index (χ1v) is 9.57. The molecule has 138 valence electrons. The molecule has 1 aliphatic rings. The zero-order chi connectivity index (χ0) is 18.6. The number of benzene rings is 1. The molecule has 6 nitrogen and oxygen atoms in total. The summed E-state index contributed by atoms with van der Waals surface area (Å²) in [7, 11) is 0. The molecule has 7 heteroatoms. The van der Waals surface area contributed by atoms with Gasteiger partial charge < -0.3 is 14.8 Å². The number of amides is 1. The minimum absolute atomic E-state index is 0.156. The number of ether oxygens (including phenoxy) is 2. The van der Waals surface area contributed by atoms with E-state index < -0.39 is 0 Å². The Hall–Kier alpha value is -2.93. The highest BCUT2D eigenvalue weighted by Gasteiger charge is 2.17. The first-order valence-electron chi connectivity index (χ1n) is 8.75. The molecule has 0 saturated carbocycles. The van der Waals surface area contributed by atoms with Gasteiger partial charge >= 0.3 is 0 Å². The van der Waals surface area contributed by atoms with Crippen LogP contribution in [0.2, 0.25) is 0 Å². The molecule has 0 atom stereocenters. The van der Waals surface area contributed by atoms with Crippen molar-refractivity contribution in [3.8, 4) is 11.5 Å². The second-order valence-electron chi connectivity index (χ2n) is 6.19. The molecule has 1 aliphatic heterocycles. The number of nitrogens with one attached hydrogen (secondary N) is 1. The third-order valence-corrected chi connectivity index (χ3v) is 5.44. The lowest BCUT2D eigenvalue weighted by Gasteiger charge is -2.18. The molecule has 0 aliphatic carbocycles. The predicted molar refractivity (Wildman–Crippen MR) is 104 cm³/mol. The van der Waals surface area contributed by atoms with Crippen LogP contribution in [-0.2, 0) is 12.8 Å². The van der Waals surface area contributed by atoms with E-state index in [-0.39, 0.29) is 5.91 Å². The van der Waals surface area contributed by atoms with Crippen LogP contribution in [0.3, 0.4) is 0 Å². The molecule has 0 saturated heterocycles. The van der Waals surface area contributed by atoms with E-state index in [1.54, 1.807) is 18.5 Å². The fourth-order valence-electron chi connectivity index (χ4n) is 2.88. The summed E-state index contributed by atoms with van der Waals surface area (Å²) in [5, 5.41) is 3.88. The summed E-state index contributed by atoms with van der Waals surface area (Å²) in [4.78, 5) is 21.9. The van der Waals surface area contributed by atoms with E-state index in [2.05, 4.69) is 15.3 Å². The maximum absolute atomic E-state index is 12.7. The molecule has 4 rings (SSSR count). The fourth-order valence-corrected chi connectivity index (χ4v) is 3.84. The van der Waals surface area contributed by atoms with Crippen LogP contribution in [0.25, 0.3) is 0 Å². The van der Waals surface area contributed by atoms with Crippen LogP contribution in [0.4, 0.5) is 5.69 Å². The molecule has 3 heterocycles. The predicted octanol–water partition coefficient (Wildman–Crippen LogP) is 3.66. The molecular weight excluding hydrogens is 362 g/mol. The van der Waals surface area contributed by atoms with Gasteiger partial charge in [-0.2, -0.15) is 0 Å². The highest BCUT2D eigenvalue weighted by Crippen LogP contribution is 2.33. The SMILES string of the molecule is Cc1nc(CCc2ccncc2)sc1C(=O)Nc1ccc2c(c1)OCCO2. The van der Waals surface area contributed by atoms with Crippen molar-refractivity contribution in [3.63, 3.8) is 0 Å². The van der Waals surface area contributed by atoms with Crippen LogP contribution in [0, 0.1) is 6.92 Å². The lowest BCUT2D eigenvalue weighted by atomic mass is 10.1. The Morgan fingerprint density at radius 2 is 1.89 bits per heavy atom. The van der Waals surface area contributed by atoms with Gasteiger partial charge in [-0.3, -0.25) is 9.78 Å². The maximum Gasteiger partial charge on any atom is 0.267 e. The van der Waals surface area contributed by atoms with Crippen LogP contribution >= 0.6 is 11.3 Å². The summed E-state index contributed by atoms with van der Waals surface area (Å²) in [5.74, 6) is 1.20. The van der Waals surface area contributed by atoms with E-state index in [9.17, 15) is 4.79 Å². The molecule has 1 aromatic carbocycles. The zero-order valence-corrected chi connectivity index (χ0v) is 15.7. The van der Waals surface area contributed by atoms with Crippen LogP contribution in [0.15, 0.2) is 42.7 Å². The first kappa shape index (κ1) is 17.5. The molecule has 3 aromatic rings. The third kappa shape index (κ3) is 4.09. The van der Waals surface area contributed by atoms with E-state index in [0.717, 1.165) is 23.5 Å². The van der Waals surface area contributed by atoms with Gasteiger partial charge in [0.2, 0.25) is 0 Å². The largest absolute Gasteiger partial charge is 0.486 e. The number of carbonyl (C=O) groups is 1. The van der Waals surface area contributed by atoms with Crippen molar-refractivity contribution in [1.82, 2.24) is 9.97 Å². The quantitative estimate of drug-likeness (QED) is 0.730. The van der Waals surface area contributed by atoms with E-state index in [1.807, 2.05) is 31.2 Å². The Balaban J connectivity index is 1.43. The van der Waals surface area contributed by atoms with Gasteiger partial charge in [0.05, 0.1) is 10.7 Å². The number of hydrogen-bond acceptors (Lipinski definition) is 6. The number of pyridine rings is 1. The second-order valence-corrected chi connectivity index (χ2v) is 7.27. The number of aromatic nitrogens is 2. The zero-order valence-electron chi connectivity index (χ0n) is 14.9. The summed E-state index contributed by atoms with van der Waals surface area (Å²) < 4.78 is 11.1. The molecule has 0 unspecified atom stereocenters. The molecular formula is C20H19N3O3S. The average Bonchev–Trinajstić information content (AvgIpc) is 3.08. The Bertz CT molecular complexity index is 956. The van der Waals surface area contributed by atoms with Crippen molar-refractivity contribution in [3.05, 3.63) is 63.9 Å². The number of fused-ring (bicyclic) bond motifs is 1. The van der Waals surface area contributed by atoms with Gasteiger partial charge in [0.25, 0.3) is 5.91 Å². The van der Waals surface area contributed by atoms with Crippen molar-refractivity contribution in [1.29, 1.82) is 0 Å². The molecule has 2 aromatic heterocycles. The molecule has 1 N–H and O–H groups in total. The molecule has 27 heavy (non-hydrogen) atoms. The number of anilines is 1. The average molecular weight is 381 g/mol. The number of hydrogen-bond donors (Lipinski definition) is 1. The Morgan fingerprint density at radius 1 is 1.11 bits per heavy atom. The second kappa shape index (κ2) is 7.75. The normalized spacial score (nSPS) is 12.6. The minimum Gasteiger partial charge on any atom is -0.486 e. The van der Waals surface area contributed by atoms with E-state index in [1.165, 1.54) is 16.9 Å². The number of nitrogens with zero attached hydrogens (tertiary/aromatic N) is 2. The smallest absolute Gasteiger partial charge is 0.267 e. The topological polar surface area (TPSA) is 73.3 Å². The number of carbonyl (C=O) groups excluding carboxylic acids is 1. The molecule has 0 fully saturated rings. The summed E-state index contributed by atoms with van der Waals surface area (Å²) in [6.07, 6.45) is 5.24.